The summed E-state index contributed by atoms with van der Waals surface area (Å²) in [5.74, 6) is -2.12. The molecule has 0 rings (SSSR count). The molecule has 0 aromatic heterocycles. The number of carboxylic acids is 1. The van der Waals surface area contributed by atoms with Crippen LogP contribution in [0.4, 0.5) is 4.79 Å². The zero-order valence-electron chi connectivity index (χ0n) is 6.11. The molecule has 0 saturated carbocycles. The van der Waals surface area contributed by atoms with Crippen LogP contribution in [-0.2, 0) is 9.59 Å². The van der Waals surface area contributed by atoms with Crippen molar-refractivity contribution in [3.63, 3.8) is 0 Å². The maximum Gasteiger partial charge on any atom is 0.318 e. The van der Waals surface area contributed by atoms with Crippen LogP contribution < -0.4 is 16.8 Å². The fraction of sp³-hybridized carbons (Fsp3) is 0.400. The maximum atomic E-state index is 10.7. The molecule has 0 aliphatic rings. The van der Waals surface area contributed by atoms with E-state index in [0.29, 0.717) is 0 Å². The molecule has 0 spiro atoms. The summed E-state index contributed by atoms with van der Waals surface area (Å²) in [4.78, 5) is 30.8. The molecule has 0 aliphatic carbocycles. The predicted octanol–water partition coefficient (Wildman–Crippen LogP) is -2.02. The van der Waals surface area contributed by atoms with Crippen molar-refractivity contribution in [2.24, 2.45) is 11.5 Å². The van der Waals surface area contributed by atoms with Crippen LogP contribution in [0.3, 0.4) is 0 Å². The first-order chi connectivity index (χ1) is 5.43. The molecule has 0 radical (unpaired) electrons. The van der Waals surface area contributed by atoms with Gasteiger partial charge in [0.25, 0.3) is 0 Å². The molecule has 0 heterocycles. The van der Waals surface area contributed by atoms with Crippen LogP contribution in [0.15, 0.2) is 0 Å². The molecule has 68 valence electrons. The summed E-state index contributed by atoms with van der Waals surface area (Å²) in [5.41, 5.74) is 9.65. The van der Waals surface area contributed by atoms with Gasteiger partial charge in [-0.3, -0.25) is 14.9 Å². The second kappa shape index (κ2) is 4.29. The Balaban J connectivity index is 3.93. The first-order valence-corrected chi connectivity index (χ1v) is 3.01. The topological polar surface area (TPSA) is 136 Å². The summed E-state index contributed by atoms with van der Waals surface area (Å²) >= 11 is 0. The van der Waals surface area contributed by atoms with Gasteiger partial charge in [-0.25, -0.2) is 4.79 Å². The molecule has 3 amide bonds. The van der Waals surface area contributed by atoms with E-state index < -0.39 is 30.4 Å². The van der Waals surface area contributed by atoms with Crippen molar-refractivity contribution in [2.45, 2.75) is 12.5 Å². The lowest BCUT2D eigenvalue weighted by molar-refractivity contribution is -0.139. The molecular weight excluding hydrogens is 166 g/mol. The molecule has 7 heteroatoms. The van der Waals surface area contributed by atoms with Crippen molar-refractivity contribution in [3.05, 3.63) is 0 Å². The van der Waals surface area contributed by atoms with Crippen LogP contribution in [0.2, 0.25) is 0 Å². The molecule has 0 aromatic carbocycles. The van der Waals surface area contributed by atoms with Gasteiger partial charge in [0.2, 0.25) is 5.91 Å². The summed E-state index contributed by atoms with van der Waals surface area (Å²) in [6.07, 6.45) is -0.543. The number of carbonyl (C=O) groups excluding carboxylic acids is 2. The summed E-state index contributed by atoms with van der Waals surface area (Å²) in [6, 6.07) is -2.31. The Labute approximate surface area is 67.7 Å². The second-order valence-electron chi connectivity index (χ2n) is 2.06. The molecular formula is C5H9N3O4. The highest BCUT2D eigenvalue weighted by Crippen LogP contribution is 1.87. The van der Waals surface area contributed by atoms with Gasteiger partial charge in [0, 0.05) is 0 Å². The van der Waals surface area contributed by atoms with Crippen LogP contribution in [-0.4, -0.2) is 29.1 Å². The van der Waals surface area contributed by atoms with Crippen molar-refractivity contribution in [3.8, 4) is 0 Å². The van der Waals surface area contributed by atoms with Gasteiger partial charge in [-0.1, -0.05) is 0 Å². The van der Waals surface area contributed by atoms with Gasteiger partial charge in [0.05, 0.1) is 12.5 Å². The smallest absolute Gasteiger partial charge is 0.318 e. The van der Waals surface area contributed by atoms with E-state index in [0.717, 1.165) is 0 Å². The van der Waals surface area contributed by atoms with E-state index in [-0.39, 0.29) is 0 Å². The van der Waals surface area contributed by atoms with E-state index in [2.05, 4.69) is 5.73 Å². The number of aliphatic carboxylic acids is 1. The third kappa shape index (κ3) is 4.23. The van der Waals surface area contributed by atoms with Crippen LogP contribution in [0.5, 0.6) is 0 Å². The Morgan fingerprint density at radius 3 is 2.25 bits per heavy atom. The van der Waals surface area contributed by atoms with E-state index in [1.54, 1.807) is 5.32 Å². The lowest BCUT2D eigenvalue weighted by Gasteiger charge is -2.06. The first-order valence-electron chi connectivity index (χ1n) is 3.01. The van der Waals surface area contributed by atoms with Gasteiger partial charge >= 0.3 is 12.0 Å². The lowest BCUT2D eigenvalue weighted by Crippen LogP contribution is -2.46. The molecule has 1 unspecified atom stereocenters. The molecule has 0 aliphatic heterocycles. The van der Waals surface area contributed by atoms with E-state index in [1.165, 1.54) is 0 Å². The number of hydrogen-bond donors (Lipinski definition) is 4. The number of hydrogen-bond acceptors (Lipinski definition) is 4. The van der Waals surface area contributed by atoms with Gasteiger partial charge in [-0.05, 0) is 0 Å². The van der Waals surface area contributed by atoms with Gasteiger partial charge in [0.1, 0.15) is 0 Å². The summed E-state index contributed by atoms with van der Waals surface area (Å²) in [5, 5.41) is 9.85. The number of carboxylic acid groups (broad SMARTS) is 1. The predicted molar refractivity (Wildman–Crippen MR) is 38.0 cm³/mol. The Morgan fingerprint density at radius 2 is 1.92 bits per heavy atom. The normalized spacial score (nSPS) is 11.8. The number of imide groups is 1. The minimum Gasteiger partial charge on any atom is -0.481 e. The van der Waals surface area contributed by atoms with E-state index in [9.17, 15) is 14.4 Å². The number of primary amides is 1. The fourth-order valence-corrected chi connectivity index (χ4v) is 0.495. The summed E-state index contributed by atoms with van der Waals surface area (Å²) < 4.78 is 0. The minimum atomic E-state index is -1.25. The first kappa shape index (κ1) is 10.4. The highest BCUT2D eigenvalue weighted by atomic mass is 16.4. The number of nitrogens with two attached hydrogens (primary N) is 2. The maximum absolute atomic E-state index is 10.7. The third-order valence-electron chi connectivity index (χ3n) is 0.978. The number of nitrogens with one attached hydrogen (secondary N) is 1. The Kier molecular flexibility index (Phi) is 3.71. The van der Waals surface area contributed by atoms with E-state index in [4.69, 9.17) is 10.8 Å². The average Bonchev–Trinajstić information content (AvgIpc) is 1.84. The number of rotatable bonds is 3. The Bertz CT molecular complexity index is 215. The van der Waals surface area contributed by atoms with Crippen LogP contribution >= 0.6 is 0 Å². The summed E-state index contributed by atoms with van der Waals surface area (Å²) in [7, 11) is 0. The molecule has 12 heavy (non-hydrogen) atoms. The van der Waals surface area contributed by atoms with Gasteiger partial charge in [0.15, 0.2) is 0 Å². The van der Waals surface area contributed by atoms with Crippen molar-refractivity contribution in [1.29, 1.82) is 0 Å². The van der Waals surface area contributed by atoms with E-state index in [1.807, 2.05) is 0 Å². The molecule has 0 aromatic rings. The molecule has 0 saturated heterocycles. The number of amides is 3. The molecule has 0 fully saturated rings. The zero-order chi connectivity index (χ0) is 9.72. The quantitative estimate of drug-likeness (QED) is 0.392. The standard InChI is InChI=1S/C5H9N3O4/c6-2(1-3(9)10)4(11)8-5(7)12/h2H,1,6H2,(H,9,10)(H3,7,8,11,12). The highest BCUT2D eigenvalue weighted by molar-refractivity contribution is 5.97. The SMILES string of the molecule is NC(=O)NC(=O)C(N)CC(=O)O. The van der Waals surface area contributed by atoms with Crippen LogP contribution in [0, 0.1) is 0 Å². The van der Waals surface area contributed by atoms with Crippen molar-refractivity contribution in [2.75, 3.05) is 0 Å². The van der Waals surface area contributed by atoms with Gasteiger partial charge in [-0.15, -0.1) is 0 Å². The van der Waals surface area contributed by atoms with Crippen LogP contribution in [0.1, 0.15) is 6.42 Å². The Morgan fingerprint density at radius 1 is 1.42 bits per heavy atom. The zero-order valence-corrected chi connectivity index (χ0v) is 6.11. The fourth-order valence-electron chi connectivity index (χ4n) is 0.495. The Hall–Kier alpha value is -1.63. The average molecular weight is 175 g/mol. The van der Waals surface area contributed by atoms with Gasteiger partial charge in [-0.2, -0.15) is 0 Å². The molecule has 0 bridgehead atoms. The molecule has 1 atom stereocenters. The minimum absolute atomic E-state index is 0.543. The highest BCUT2D eigenvalue weighted by Gasteiger charge is 2.17. The summed E-state index contributed by atoms with van der Waals surface area (Å²) in [6.45, 7) is 0. The number of urea groups is 1. The van der Waals surface area contributed by atoms with Gasteiger partial charge < -0.3 is 16.6 Å². The van der Waals surface area contributed by atoms with Crippen molar-refractivity contribution >= 4 is 17.9 Å². The van der Waals surface area contributed by atoms with Crippen LogP contribution in [0.25, 0.3) is 0 Å². The molecule has 7 nitrogen and oxygen atoms in total. The monoisotopic (exact) mass is 175 g/mol. The largest absolute Gasteiger partial charge is 0.481 e. The van der Waals surface area contributed by atoms with Crippen molar-refractivity contribution < 1.29 is 19.5 Å². The van der Waals surface area contributed by atoms with E-state index >= 15 is 0 Å². The van der Waals surface area contributed by atoms with Crippen molar-refractivity contribution in [1.82, 2.24) is 5.32 Å². The lowest BCUT2D eigenvalue weighted by atomic mass is 10.2. The number of carbonyl (C=O) groups is 3. The molecule has 6 N–H and O–H groups in total. The third-order valence-corrected chi connectivity index (χ3v) is 0.978. The second-order valence-corrected chi connectivity index (χ2v) is 2.06.